The van der Waals surface area contributed by atoms with Crippen LogP contribution in [-0.4, -0.2) is 31.7 Å². The molecule has 1 N–H and O–H groups in total. The molecule has 1 aliphatic rings. The number of amides is 1. The highest BCUT2D eigenvalue weighted by Gasteiger charge is 2.33. The van der Waals surface area contributed by atoms with Gasteiger partial charge in [0.2, 0.25) is 15.9 Å². The third kappa shape index (κ3) is 4.80. The molecule has 1 heterocycles. The van der Waals surface area contributed by atoms with Crippen molar-refractivity contribution in [1.82, 2.24) is 4.31 Å². The minimum atomic E-state index is -4.51. The maximum Gasteiger partial charge on any atom is 0.416 e. The zero-order chi connectivity index (χ0) is 21.9. The van der Waals surface area contributed by atoms with Crippen molar-refractivity contribution in [2.45, 2.75) is 23.9 Å². The van der Waals surface area contributed by atoms with Crippen molar-refractivity contribution >= 4 is 21.6 Å². The van der Waals surface area contributed by atoms with Crippen LogP contribution in [0.5, 0.6) is 0 Å². The number of benzene rings is 2. The van der Waals surface area contributed by atoms with Gasteiger partial charge in [0.25, 0.3) is 0 Å². The molecule has 0 unspecified atom stereocenters. The van der Waals surface area contributed by atoms with Crippen LogP contribution in [0.2, 0.25) is 0 Å². The van der Waals surface area contributed by atoms with Crippen LogP contribution < -0.4 is 5.32 Å². The summed E-state index contributed by atoms with van der Waals surface area (Å²) in [6.07, 6.45) is -4.01. The van der Waals surface area contributed by atoms with E-state index in [4.69, 9.17) is 5.26 Å². The Labute approximate surface area is 172 Å². The van der Waals surface area contributed by atoms with Crippen molar-refractivity contribution in [3.63, 3.8) is 0 Å². The van der Waals surface area contributed by atoms with Crippen LogP contribution in [0.4, 0.5) is 18.9 Å². The fraction of sp³-hybridized carbons (Fsp3) is 0.300. The average molecular weight is 437 g/mol. The summed E-state index contributed by atoms with van der Waals surface area (Å²) in [5.41, 5.74) is -0.468. The topological polar surface area (TPSA) is 90.3 Å². The molecule has 30 heavy (non-hydrogen) atoms. The minimum Gasteiger partial charge on any atom is -0.326 e. The molecule has 1 amide bonds. The highest BCUT2D eigenvalue weighted by Crippen LogP contribution is 2.31. The second-order valence-corrected chi connectivity index (χ2v) is 8.82. The Morgan fingerprint density at radius 2 is 1.73 bits per heavy atom. The highest BCUT2D eigenvalue weighted by atomic mass is 32.2. The standard InChI is InChI=1S/C20H18F3N3O3S/c21-20(22,23)16-2-1-3-17(12-16)25-19(27)15-8-10-26(11-9-15)30(28,29)18-6-4-14(13-24)5-7-18/h1-7,12,15H,8-11H2,(H,25,27). The van der Waals surface area contributed by atoms with Crippen LogP contribution in [0.1, 0.15) is 24.0 Å². The second-order valence-electron chi connectivity index (χ2n) is 6.88. The van der Waals surface area contributed by atoms with Crippen molar-refractivity contribution in [2.75, 3.05) is 18.4 Å². The first-order valence-electron chi connectivity index (χ1n) is 9.10. The number of hydrogen-bond donors (Lipinski definition) is 1. The van der Waals surface area contributed by atoms with Crippen LogP contribution in [-0.2, 0) is 21.0 Å². The maximum absolute atomic E-state index is 12.8. The minimum absolute atomic E-state index is 0.0439. The summed E-state index contributed by atoms with van der Waals surface area (Å²) >= 11 is 0. The first-order chi connectivity index (χ1) is 14.1. The van der Waals surface area contributed by atoms with Gasteiger partial charge in [0, 0.05) is 24.7 Å². The number of anilines is 1. The Balaban J connectivity index is 1.62. The van der Waals surface area contributed by atoms with E-state index in [0.717, 1.165) is 12.1 Å². The predicted molar refractivity (Wildman–Crippen MR) is 103 cm³/mol. The number of halogens is 3. The lowest BCUT2D eigenvalue weighted by Crippen LogP contribution is -2.41. The molecule has 0 saturated carbocycles. The third-order valence-corrected chi connectivity index (χ3v) is 6.82. The lowest BCUT2D eigenvalue weighted by atomic mass is 9.97. The molecule has 1 aliphatic heterocycles. The van der Waals surface area contributed by atoms with E-state index < -0.39 is 33.6 Å². The molecule has 0 atom stereocenters. The third-order valence-electron chi connectivity index (χ3n) is 4.90. The lowest BCUT2D eigenvalue weighted by molar-refractivity contribution is -0.137. The summed E-state index contributed by atoms with van der Waals surface area (Å²) in [6, 6.07) is 11.8. The molecule has 1 saturated heterocycles. The van der Waals surface area contributed by atoms with Gasteiger partial charge in [0.15, 0.2) is 0 Å². The quantitative estimate of drug-likeness (QED) is 0.791. The summed E-state index contributed by atoms with van der Waals surface area (Å²) in [6.45, 7) is 0.228. The number of piperidine rings is 1. The fourth-order valence-corrected chi connectivity index (χ4v) is 4.70. The van der Waals surface area contributed by atoms with E-state index in [-0.39, 0.29) is 36.5 Å². The van der Waals surface area contributed by atoms with Gasteiger partial charge in [-0.25, -0.2) is 8.42 Å². The molecule has 1 fully saturated rings. The van der Waals surface area contributed by atoms with Gasteiger partial charge in [-0.1, -0.05) is 6.07 Å². The van der Waals surface area contributed by atoms with Crippen LogP contribution in [0, 0.1) is 17.2 Å². The van der Waals surface area contributed by atoms with Crippen molar-refractivity contribution in [2.24, 2.45) is 5.92 Å². The Bertz CT molecular complexity index is 1070. The molecule has 2 aromatic carbocycles. The van der Waals surface area contributed by atoms with Gasteiger partial charge >= 0.3 is 6.18 Å². The van der Waals surface area contributed by atoms with Crippen LogP contribution in [0.15, 0.2) is 53.4 Å². The van der Waals surface area contributed by atoms with Crippen molar-refractivity contribution in [3.05, 3.63) is 59.7 Å². The van der Waals surface area contributed by atoms with E-state index >= 15 is 0 Å². The summed E-state index contributed by atoms with van der Waals surface area (Å²) in [5.74, 6) is -0.947. The summed E-state index contributed by atoms with van der Waals surface area (Å²) in [4.78, 5) is 12.5. The molecule has 0 spiro atoms. The van der Waals surface area contributed by atoms with Gasteiger partial charge in [-0.2, -0.15) is 22.7 Å². The van der Waals surface area contributed by atoms with Gasteiger partial charge < -0.3 is 5.32 Å². The molecule has 2 aromatic rings. The lowest BCUT2D eigenvalue weighted by Gasteiger charge is -2.30. The van der Waals surface area contributed by atoms with E-state index in [1.807, 2.05) is 6.07 Å². The molecule has 0 radical (unpaired) electrons. The normalized spacial score (nSPS) is 16.1. The summed E-state index contributed by atoms with van der Waals surface area (Å²) in [7, 11) is -3.75. The number of sulfonamides is 1. The van der Waals surface area contributed by atoms with Crippen LogP contribution in [0.3, 0.4) is 0 Å². The van der Waals surface area contributed by atoms with Gasteiger partial charge in [-0.05, 0) is 55.3 Å². The van der Waals surface area contributed by atoms with E-state index in [1.54, 1.807) is 0 Å². The van der Waals surface area contributed by atoms with E-state index in [0.29, 0.717) is 5.56 Å². The molecule has 0 bridgehead atoms. The highest BCUT2D eigenvalue weighted by molar-refractivity contribution is 7.89. The van der Waals surface area contributed by atoms with Gasteiger partial charge in [-0.15, -0.1) is 0 Å². The molecule has 10 heteroatoms. The number of nitrogens with one attached hydrogen (secondary N) is 1. The zero-order valence-corrected chi connectivity index (χ0v) is 16.5. The first kappa shape index (κ1) is 21.8. The Morgan fingerprint density at radius 3 is 2.30 bits per heavy atom. The smallest absolute Gasteiger partial charge is 0.326 e. The number of hydrogen-bond acceptors (Lipinski definition) is 4. The largest absolute Gasteiger partial charge is 0.416 e. The molecule has 0 aromatic heterocycles. The first-order valence-corrected chi connectivity index (χ1v) is 10.5. The number of nitrogens with zero attached hydrogens (tertiary/aromatic N) is 2. The van der Waals surface area contributed by atoms with Gasteiger partial charge in [0.05, 0.1) is 22.1 Å². The fourth-order valence-electron chi connectivity index (χ4n) is 3.23. The van der Waals surface area contributed by atoms with Crippen molar-refractivity contribution in [3.8, 4) is 6.07 Å². The molecule has 0 aliphatic carbocycles. The molecule has 3 rings (SSSR count). The van der Waals surface area contributed by atoms with Crippen LogP contribution in [0.25, 0.3) is 0 Å². The average Bonchev–Trinajstić information content (AvgIpc) is 2.73. The maximum atomic E-state index is 12.8. The molecule has 6 nitrogen and oxygen atoms in total. The van der Waals surface area contributed by atoms with E-state index in [1.165, 1.54) is 40.7 Å². The Morgan fingerprint density at radius 1 is 1.10 bits per heavy atom. The van der Waals surface area contributed by atoms with Crippen molar-refractivity contribution in [1.29, 1.82) is 5.26 Å². The number of nitriles is 1. The summed E-state index contributed by atoms with van der Waals surface area (Å²) in [5, 5.41) is 11.3. The number of carbonyl (C=O) groups is 1. The predicted octanol–water partition coefficient (Wildman–Crippen LogP) is 3.62. The monoisotopic (exact) mass is 437 g/mol. The molecular weight excluding hydrogens is 419 g/mol. The van der Waals surface area contributed by atoms with E-state index in [2.05, 4.69) is 5.32 Å². The SMILES string of the molecule is N#Cc1ccc(S(=O)(=O)N2CCC(C(=O)Nc3cccc(C(F)(F)F)c3)CC2)cc1. The van der Waals surface area contributed by atoms with Gasteiger partial charge in [0.1, 0.15) is 0 Å². The number of rotatable bonds is 4. The number of carbonyl (C=O) groups excluding carboxylic acids is 1. The molecular formula is C20H18F3N3O3S. The Hall–Kier alpha value is -2.90. The van der Waals surface area contributed by atoms with E-state index in [9.17, 15) is 26.4 Å². The molecule has 158 valence electrons. The summed E-state index contributed by atoms with van der Waals surface area (Å²) < 4.78 is 65.1. The second kappa shape index (κ2) is 8.45. The van der Waals surface area contributed by atoms with Crippen molar-refractivity contribution < 1.29 is 26.4 Å². The Kier molecular flexibility index (Phi) is 6.14. The number of alkyl halides is 3. The van der Waals surface area contributed by atoms with Gasteiger partial charge in [-0.3, -0.25) is 4.79 Å². The van der Waals surface area contributed by atoms with Crippen LogP contribution >= 0.6 is 0 Å². The zero-order valence-electron chi connectivity index (χ0n) is 15.7.